The first-order valence-electron chi connectivity index (χ1n) is 7.37. The average Bonchev–Trinajstić information content (AvgIpc) is 2.75. The summed E-state index contributed by atoms with van der Waals surface area (Å²) in [5, 5.41) is 10.9. The third kappa shape index (κ3) is 2.51. The lowest BCUT2D eigenvalue weighted by atomic mass is 9.85. The Morgan fingerprint density at radius 3 is 1.95 bits per heavy atom. The Labute approximate surface area is 121 Å². The first kappa shape index (κ1) is 13.4. The van der Waals surface area contributed by atoms with Crippen LogP contribution in [-0.4, -0.2) is 5.11 Å². The maximum atomic E-state index is 10.9. The minimum atomic E-state index is -0.640. The van der Waals surface area contributed by atoms with Crippen LogP contribution in [0.3, 0.4) is 0 Å². The van der Waals surface area contributed by atoms with Crippen molar-refractivity contribution in [2.75, 3.05) is 0 Å². The molecule has 0 heterocycles. The van der Waals surface area contributed by atoms with Crippen molar-refractivity contribution >= 4 is 0 Å². The van der Waals surface area contributed by atoms with E-state index in [4.69, 9.17) is 0 Å². The largest absolute Gasteiger partial charge is 0.385 e. The standard InChI is InChI=1S/C19H22O/c1-18(2)12-13-19(20,14-18)17-10-8-16(9-11-17)15-6-4-3-5-7-15/h3-11,20H,12-14H2,1-2H3. The van der Waals surface area contributed by atoms with Crippen molar-refractivity contribution in [2.45, 2.75) is 38.7 Å². The van der Waals surface area contributed by atoms with Crippen molar-refractivity contribution in [1.82, 2.24) is 0 Å². The molecule has 1 nitrogen and oxygen atoms in total. The summed E-state index contributed by atoms with van der Waals surface area (Å²) in [4.78, 5) is 0. The summed E-state index contributed by atoms with van der Waals surface area (Å²) in [5.74, 6) is 0. The van der Waals surface area contributed by atoms with E-state index in [9.17, 15) is 5.11 Å². The molecular formula is C19H22O. The lowest BCUT2D eigenvalue weighted by Crippen LogP contribution is -2.23. The van der Waals surface area contributed by atoms with Crippen LogP contribution in [0.15, 0.2) is 54.6 Å². The summed E-state index contributed by atoms with van der Waals surface area (Å²) in [7, 11) is 0. The van der Waals surface area contributed by atoms with Crippen LogP contribution in [0.4, 0.5) is 0 Å². The molecule has 1 N–H and O–H groups in total. The Bertz CT molecular complexity index is 583. The Kier molecular flexibility index (Phi) is 3.18. The highest BCUT2D eigenvalue weighted by Gasteiger charge is 2.42. The van der Waals surface area contributed by atoms with Gasteiger partial charge in [0.05, 0.1) is 5.60 Å². The smallest absolute Gasteiger partial charge is 0.0901 e. The van der Waals surface area contributed by atoms with Crippen LogP contribution in [0, 0.1) is 5.41 Å². The van der Waals surface area contributed by atoms with Crippen molar-refractivity contribution < 1.29 is 5.11 Å². The maximum Gasteiger partial charge on any atom is 0.0901 e. The monoisotopic (exact) mass is 266 g/mol. The van der Waals surface area contributed by atoms with Crippen molar-refractivity contribution in [1.29, 1.82) is 0 Å². The van der Waals surface area contributed by atoms with Crippen LogP contribution in [0.1, 0.15) is 38.7 Å². The summed E-state index contributed by atoms with van der Waals surface area (Å²) in [6.45, 7) is 4.48. The fourth-order valence-corrected chi connectivity index (χ4v) is 3.36. The highest BCUT2D eigenvalue weighted by molar-refractivity contribution is 5.63. The molecule has 0 amide bonds. The fraction of sp³-hybridized carbons (Fsp3) is 0.368. The average molecular weight is 266 g/mol. The molecule has 3 rings (SSSR count). The molecule has 0 aliphatic heterocycles. The minimum Gasteiger partial charge on any atom is -0.385 e. The van der Waals surface area contributed by atoms with Gasteiger partial charge >= 0.3 is 0 Å². The quantitative estimate of drug-likeness (QED) is 0.831. The lowest BCUT2D eigenvalue weighted by molar-refractivity contribution is 0.0338. The molecule has 0 aromatic heterocycles. The number of hydrogen-bond donors (Lipinski definition) is 1. The SMILES string of the molecule is CC1(C)CCC(O)(c2ccc(-c3ccccc3)cc2)C1. The molecule has 2 aromatic rings. The van der Waals surface area contributed by atoms with Crippen LogP contribution >= 0.6 is 0 Å². The van der Waals surface area contributed by atoms with Crippen molar-refractivity contribution in [3.63, 3.8) is 0 Å². The van der Waals surface area contributed by atoms with E-state index in [1.54, 1.807) is 0 Å². The molecule has 1 heteroatoms. The highest BCUT2D eigenvalue weighted by Crippen LogP contribution is 2.48. The molecule has 1 aliphatic rings. The molecule has 0 saturated heterocycles. The van der Waals surface area contributed by atoms with Gasteiger partial charge in [-0.2, -0.15) is 0 Å². The van der Waals surface area contributed by atoms with Gasteiger partial charge in [0, 0.05) is 0 Å². The van der Waals surface area contributed by atoms with Gasteiger partial charge in [-0.1, -0.05) is 68.4 Å². The second-order valence-electron chi connectivity index (χ2n) is 6.82. The zero-order valence-corrected chi connectivity index (χ0v) is 12.3. The number of hydrogen-bond acceptors (Lipinski definition) is 1. The Hall–Kier alpha value is -1.60. The molecule has 1 unspecified atom stereocenters. The molecule has 1 fully saturated rings. The fourth-order valence-electron chi connectivity index (χ4n) is 3.36. The Balaban J connectivity index is 1.87. The van der Waals surface area contributed by atoms with Gasteiger partial charge in [-0.3, -0.25) is 0 Å². The molecule has 0 spiro atoms. The van der Waals surface area contributed by atoms with E-state index in [1.165, 1.54) is 11.1 Å². The van der Waals surface area contributed by atoms with Gasteiger partial charge in [-0.05, 0) is 41.4 Å². The van der Waals surface area contributed by atoms with Crippen molar-refractivity contribution in [3.05, 3.63) is 60.2 Å². The van der Waals surface area contributed by atoms with Gasteiger partial charge < -0.3 is 5.11 Å². The molecule has 104 valence electrons. The van der Waals surface area contributed by atoms with Crippen LogP contribution in [0.5, 0.6) is 0 Å². The Morgan fingerprint density at radius 2 is 1.40 bits per heavy atom. The summed E-state index contributed by atoms with van der Waals surface area (Å²) in [5.41, 5.74) is 3.08. The minimum absolute atomic E-state index is 0.243. The molecule has 2 aromatic carbocycles. The third-order valence-electron chi connectivity index (χ3n) is 4.52. The summed E-state index contributed by atoms with van der Waals surface area (Å²) in [6, 6.07) is 18.8. The molecule has 1 atom stereocenters. The van der Waals surface area contributed by atoms with Gasteiger partial charge in [0.1, 0.15) is 0 Å². The number of rotatable bonds is 2. The van der Waals surface area contributed by atoms with E-state index >= 15 is 0 Å². The predicted molar refractivity (Wildman–Crippen MR) is 83.4 cm³/mol. The van der Waals surface area contributed by atoms with Gasteiger partial charge in [0.15, 0.2) is 0 Å². The summed E-state index contributed by atoms with van der Waals surface area (Å²) in [6.07, 6.45) is 2.80. The van der Waals surface area contributed by atoms with Gasteiger partial charge in [0.2, 0.25) is 0 Å². The van der Waals surface area contributed by atoms with E-state index in [0.29, 0.717) is 0 Å². The normalized spacial score (nSPS) is 24.8. The van der Waals surface area contributed by atoms with Crippen molar-refractivity contribution in [2.24, 2.45) is 5.41 Å². The van der Waals surface area contributed by atoms with Crippen LogP contribution in [0.25, 0.3) is 11.1 Å². The maximum absolute atomic E-state index is 10.9. The second-order valence-corrected chi connectivity index (χ2v) is 6.82. The molecule has 1 saturated carbocycles. The second kappa shape index (κ2) is 4.75. The van der Waals surface area contributed by atoms with E-state index in [0.717, 1.165) is 24.8 Å². The third-order valence-corrected chi connectivity index (χ3v) is 4.52. The molecule has 1 aliphatic carbocycles. The van der Waals surface area contributed by atoms with Crippen LogP contribution < -0.4 is 0 Å². The lowest BCUT2D eigenvalue weighted by Gasteiger charge is -2.26. The van der Waals surface area contributed by atoms with Crippen LogP contribution in [-0.2, 0) is 5.60 Å². The first-order chi connectivity index (χ1) is 9.49. The molecule has 0 radical (unpaired) electrons. The summed E-state index contributed by atoms with van der Waals surface area (Å²) >= 11 is 0. The predicted octanol–water partition coefficient (Wildman–Crippen LogP) is 4.75. The zero-order valence-electron chi connectivity index (χ0n) is 12.3. The van der Waals surface area contributed by atoms with Crippen molar-refractivity contribution in [3.8, 4) is 11.1 Å². The molecule has 20 heavy (non-hydrogen) atoms. The number of aliphatic hydroxyl groups is 1. The summed E-state index contributed by atoms with van der Waals surface area (Å²) < 4.78 is 0. The number of benzene rings is 2. The van der Waals surface area contributed by atoms with E-state index in [-0.39, 0.29) is 5.41 Å². The Morgan fingerprint density at radius 1 is 0.800 bits per heavy atom. The highest BCUT2D eigenvalue weighted by atomic mass is 16.3. The molecule has 0 bridgehead atoms. The van der Waals surface area contributed by atoms with Crippen LogP contribution in [0.2, 0.25) is 0 Å². The molecular weight excluding hydrogens is 244 g/mol. The van der Waals surface area contributed by atoms with Gasteiger partial charge in [-0.15, -0.1) is 0 Å². The zero-order chi connectivity index (χ0) is 14.2. The first-order valence-corrected chi connectivity index (χ1v) is 7.37. The van der Waals surface area contributed by atoms with E-state index in [2.05, 4.69) is 62.4 Å². The van der Waals surface area contributed by atoms with Gasteiger partial charge in [0.25, 0.3) is 0 Å². The topological polar surface area (TPSA) is 20.2 Å². The van der Waals surface area contributed by atoms with E-state index in [1.807, 2.05) is 6.07 Å². The van der Waals surface area contributed by atoms with Gasteiger partial charge in [-0.25, -0.2) is 0 Å². The van der Waals surface area contributed by atoms with E-state index < -0.39 is 5.60 Å².